The van der Waals surface area contributed by atoms with Crippen molar-refractivity contribution in [2.24, 2.45) is 0 Å². The number of methoxy groups -OCH3 is 3. The van der Waals surface area contributed by atoms with Gasteiger partial charge in [-0.15, -0.1) is 10.2 Å². The second kappa shape index (κ2) is 10.6. The van der Waals surface area contributed by atoms with Gasteiger partial charge in [-0.05, 0) is 48.5 Å². The lowest BCUT2D eigenvalue weighted by molar-refractivity contribution is 0.355. The van der Waals surface area contributed by atoms with Crippen LogP contribution in [0.2, 0.25) is 0 Å². The van der Waals surface area contributed by atoms with E-state index in [2.05, 4.69) is 10.2 Å². The molecule has 0 aliphatic heterocycles. The van der Waals surface area contributed by atoms with Crippen LogP contribution in [-0.2, 0) is 5.75 Å². The Bertz CT molecular complexity index is 1290. The van der Waals surface area contributed by atoms with E-state index < -0.39 is 11.6 Å². The molecule has 10 heteroatoms. The summed E-state index contributed by atoms with van der Waals surface area (Å²) < 4.78 is 46.3. The minimum atomic E-state index is -0.601. The van der Waals surface area contributed by atoms with E-state index in [4.69, 9.17) is 14.2 Å². The third kappa shape index (κ3) is 5.02. The van der Waals surface area contributed by atoms with Gasteiger partial charge in [0.25, 0.3) is 0 Å². The summed E-state index contributed by atoms with van der Waals surface area (Å²) in [5.41, 5.74) is 1.52. The lowest BCUT2D eigenvalue weighted by Crippen LogP contribution is -2.15. The Morgan fingerprint density at radius 1 is 0.857 bits per heavy atom. The molecule has 35 heavy (non-hydrogen) atoms. The molecular weight excluding hydrogens is 474 g/mol. The van der Waals surface area contributed by atoms with Crippen molar-refractivity contribution in [2.75, 3.05) is 33.3 Å². The molecule has 0 unspecified atom stereocenters. The smallest absolute Gasteiger partial charge is 0.236 e. The normalized spacial score (nSPS) is 10.8. The van der Waals surface area contributed by atoms with Gasteiger partial charge in [0.1, 0.15) is 17.4 Å². The van der Waals surface area contributed by atoms with Crippen molar-refractivity contribution in [2.45, 2.75) is 10.9 Å². The Hall–Kier alpha value is -3.79. The predicted octanol–water partition coefficient (Wildman–Crippen LogP) is 5.63. The summed E-state index contributed by atoms with van der Waals surface area (Å²) in [6, 6.07) is 16.7. The first-order chi connectivity index (χ1) is 17.0. The largest absolute Gasteiger partial charge is 0.497 e. The number of anilines is 2. The molecule has 4 rings (SSSR count). The van der Waals surface area contributed by atoms with E-state index in [0.717, 1.165) is 11.4 Å². The minimum absolute atomic E-state index is 0.0171. The van der Waals surface area contributed by atoms with Crippen molar-refractivity contribution in [1.82, 2.24) is 14.8 Å². The average Bonchev–Trinajstić information content (AvgIpc) is 3.31. The van der Waals surface area contributed by atoms with Gasteiger partial charge >= 0.3 is 0 Å². The number of ether oxygens (including phenoxy) is 3. The number of aromatic nitrogens is 3. The SMILES string of the molecule is COc1ccc(-n2c(SCc3c(F)cccc3F)nnc2N(C)c2ccc(OC)c(OC)c2)cc1. The molecule has 182 valence electrons. The van der Waals surface area contributed by atoms with Crippen molar-refractivity contribution in [3.05, 3.63) is 77.9 Å². The molecule has 0 atom stereocenters. The number of halogens is 2. The zero-order chi connectivity index (χ0) is 24.9. The number of hydrogen-bond donors (Lipinski definition) is 0. The Kier molecular flexibility index (Phi) is 7.40. The summed E-state index contributed by atoms with van der Waals surface area (Å²) in [6.07, 6.45) is 0. The van der Waals surface area contributed by atoms with Crippen LogP contribution in [0.25, 0.3) is 5.69 Å². The molecule has 0 bridgehead atoms. The molecule has 0 aliphatic carbocycles. The van der Waals surface area contributed by atoms with Crippen LogP contribution in [0.3, 0.4) is 0 Å². The quantitative estimate of drug-likeness (QED) is 0.277. The van der Waals surface area contributed by atoms with E-state index in [0.29, 0.717) is 28.4 Å². The summed E-state index contributed by atoms with van der Waals surface area (Å²) in [7, 11) is 6.58. The molecule has 0 N–H and O–H groups in total. The molecule has 3 aromatic carbocycles. The highest BCUT2D eigenvalue weighted by atomic mass is 32.2. The third-order valence-corrected chi connectivity index (χ3v) is 6.36. The van der Waals surface area contributed by atoms with Gasteiger partial charge in [0.15, 0.2) is 16.7 Å². The first-order valence-electron chi connectivity index (χ1n) is 10.6. The van der Waals surface area contributed by atoms with Crippen LogP contribution in [0.4, 0.5) is 20.4 Å². The number of thioether (sulfide) groups is 1. The fourth-order valence-corrected chi connectivity index (χ4v) is 4.45. The van der Waals surface area contributed by atoms with Gasteiger partial charge in [0.2, 0.25) is 5.95 Å². The molecule has 0 amide bonds. The number of benzene rings is 3. The van der Waals surface area contributed by atoms with Crippen molar-refractivity contribution in [1.29, 1.82) is 0 Å². The first-order valence-corrected chi connectivity index (χ1v) is 11.6. The lowest BCUT2D eigenvalue weighted by atomic mass is 10.2. The summed E-state index contributed by atoms with van der Waals surface area (Å²) in [6.45, 7) is 0. The van der Waals surface area contributed by atoms with Crippen molar-refractivity contribution < 1.29 is 23.0 Å². The van der Waals surface area contributed by atoms with Crippen molar-refractivity contribution in [3.63, 3.8) is 0 Å². The molecule has 7 nitrogen and oxygen atoms in total. The van der Waals surface area contributed by atoms with Gasteiger partial charge < -0.3 is 19.1 Å². The van der Waals surface area contributed by atoms with Gasteiger partial charge in [-0.25, -0.2) is 8.78 Å². The van der Waals surface area contributed by atoms with Crippen LogP contribution in [0, 0.1) is 11.6 Å². The van der Waals surface area contributed by atoms with Gasteiger partial charge in [-0.3, -0.25) is 4.57 Å². The molecule has 0 radical (unpaired) electrons. The highest BCUT2D eigenvalue weighted by Crippen LogP contribution is 2.36. The van der Waals surface area contributed by atoms with Crippen LogP contribution in [-0.4, -0.2) is 43.1 Å². The highest BCUT2D eigenvalue weighted by molar-refractivity contribution is 7.98. The van der Waals surface area contributed by atoms with E-state index in [9.17, 15) is 8.78 Å². The maximum Gasteiger partial charge on any atom is 0.236 e. The molecule has 1 heterocycles. The summed E-state index contributed by atoms with van der Waals surface area (Å²) in [5.74, 6) is 1.21. The van der Waals surface area contributed by atoms with Gasteiger partial charge in [0.05, 0.1) is 27.0 Å². The van der Waals surface area contributed by atoms with Gasteiger partial charge in [0, 0.05) is 30.1 Å². The maximum atomic E-state index is 14.2. The highest BCUT2D eigenvalue weighted by Gasteiger charge is 2.21. The van der Waals surface area contributed by atoms with E-state index in [-0.39, 0.29) is 11.3 Å². The molecule has 0 spiro atoms. The third-order valence-electron chi connectivity index (χ3n) is 5.41. The zero-order valence-corrected chi connectivity index (χ0v) is 20.5. The second-order valence-electron chi connectivity index (χ2n) is 7.40. The van der Waals surface area contributed by atoms with Gasteiger partial charge in [-0.1, -0.05) is 17.8 Å². The van der Waals surface area contributed by atoms with Crippen molar-refractivity contribution in [3.8, 4) is 22.9 Å². The van der Waals surface area contributed by atoms with Crippen LogP contribution >= 0.6 is 11.8 Å². The van der Waals surface area contributed by atoms with E-state index >= 15 is 0 Å². The van der Waals surface area contributed by atoms with Crippen LogP contribution < -0.4 is 19.1 Å². The maximum absolute atomic E-state index is 14.2. The number of nitrogens with zero attached hydrogens (tertiary/aromatic N) is 4. The lowest BCUT2D eigenvalue weighted by Gasteiger charge is -2.21. The van der Waals surface area contributed by atoms with Crippen LogP contribution in [0.15, 0.2) is 65.8 Å². The molecular formula is C25H24F2N4O3S. The van der Waals surface area contributed by atoms with E-state index in [1.165, 1.54) is 30.0 Å². The number of rotatable bonds is 9. The summed E-state index contributed by atoms with van der Waals surface area (Å²) in [5, 5.41) is 9.20. The van der Waals surface area contributed by atoms with E-state index in [1.807, 2.05) is 52.9 Å². The Morgan fingerprint density at radius 2 is 1.54 bits per heavy atom. The molecule has 4 aromatic rings. The molecule has 0 aliphatic rings. The molecule has 0 saturated heterocycles. The Morgan fingerprint density at radius 3 is 2.17 bits per heavy atom. The Labute approximate surface area is 206 Å². The topological polar surface area (TPSA) is 61.6 Å². The average molecular weight is 499 g/mol. The summed E-state index contributed by atoms with van der Waals surface area (Å²) in [4.78, 5) is 1.84. The summed E-state index contributed by atoms with van der Waals surface area (Å²) >= 11 is 1.19. The monoisotopic (exact) mass is 498 g/mol. The molecule has 0 fully saturated rings. The second-order valence-corrected chi connectivity index (χ2v) is 8.35. The zero-order valence-electron chi connectivity index (χ0n) is 19.7. The van der Waals surface area contributed by atoms with Gasteiger partial charge in [-0.2, -0.15) is 0 Å². The number of hydrogen-bond acceptors (Lipinski definition) is 7. The standard InChI is InChI=1S/C25H24F2N4O3S/c1-30(17-10-13-22(33-3)23(14-17)34-4)24-28-29-25(31(24)16-8-11-18(32-2)12-9-16)35-15-19-20(26)6-5-7-21(19)27/h5-14H,15H2,1-4H3. The fraction of sp³-hybridized carbons (Fsp3) is 0.200. The first kappa shape index (κ1) is 24.3. The predicted molar refractivity (Wildman–Crippen MR) is 131 cm³/mol. The van der Waals surface area contributed by atoms with E-state index in [1.54, 1.807) is 27.4 Å². The Balaban J connectivity index is 1.75. The fourth-order valence-electron chi connectivity index (χ4n) is 3.49. The van der Waals surface area contributed by atoms with Crippen molar-refractivity contribution >= 4 is 23.4 Å². The van der Waals surface area contributed by atoms with Crippen LogP contribution in [0.5, 0.6) is 17.2 Å². The molecule has 1 aromatic heterocycles. The molecule has 0 saturated carbocycles. The minimum Gasteiger partial charge on any atom is -0.497 e. The van der Waals surface area contributed by atoms with Crippen LogP contribution in [0.1, 0.15) is 5.56 Å².